The highest BCUT2D eigenvalue weighted by Crippen LogP contribution is 2.46. The van der Waals surface area contributed by atoms with Crippen LogP contribution in [0.5, 0.6) is 0 Å². The third-order valence-electron chi connectivity index (χ3n) is 11.2. The summed E-state index contributed by atoms with van der Waals surface area (Å²) in [6, 6.07) is 8.53. The van der Waals surface area contributed by atoms with Gasteiger partial charge in [0.25, 0.3) is 0 Å². The van der Waals surface area contributed by atoms with E-state index in [0.717, 1.165) is 56.5 Å². The quantitative estimate of drug-likeness (QED) is 0.0307. The third-order valence-corrected chi connectivity index (χ3v) is 11.2. The Balaban J connectivity index is 0.959. The average molecular weight is 875 g/mol. The van der Waals surface area contributed by atoms with Gasteiger partial charge < -0.3 is 42.6 Å². The number of halogens is 2. The minimum atomic E-state index is -1.11. The molecule has 21 heteroatoms. The van der Waals surface area contributed by atoms with Gasteiger partial charge in [0.1, 0.15) is 24.2 Å². The summed E-state index contributed by atoms with van der Waals surface area (Å²) in [5, 5.41) is 16.0. The van der Waals surface area contributed by atoms with Gasteiger partial charge in [-0.05, 0) is 68.5 Å². The molecule has 3 aromatic heterocycles. The van der Waals surface area contributed by atoms with Crippen molar-refractivity contribution in [3.8, 4) is 11.4 Å². The zero-order valence-electron chi connectivity index (χ0n) is 34.5. The Morgan fingerprint density at radius 2 is 1.54 bits per heavy atom. The van der Waals surface area contributed by atoms with Crippen LogP contribution in [-0.2, 0) is 40.0 Å². The second-order valence-electron chi connectivity index (χ2n) is 15.5. The summed E-state index contributed by atoms with van der Waals surface area (Å²) in [5.41, 5.74) is 9.42. The molecule has 0 saturated heterocycles. The molecule has 3 aliphatic rings. The lowest BCUT2D eigenvalue weighted by Crippen LogP contribution is -2.54. The van der Waals surface area contributed by atoms with Crippen molar-refractivity contribution in [2.24, 2.45) is 23.5 Å². The zero-order valence-corrected chi connectivity index (χ0v) is 34.5. The first-order chi connectivity index (χ1) is 30.5. The maximum Gasteiger partial charge on any atom is 0.249 e. The van der Waals surface area contributed by atoms with Crippen LogP contribution < -0.4 is 43.1 Å². The molecule has 1 aromatic carbocycles. The van der Waals surface area contributed by atoms with Crippen LogP contribution in [0.25, 0.3) is 22.4 Å². The molecule has 3 atom stereocenters. The van der Waals surface area contributed by atoms with E-state index in [-0.39, 0.29) is 48.8 Å². The monoisotopic (exact) mass is 874 g/mol. The number of rotatable bonds is 22. The number of aromatic nitrogens is 4. The first kappa shape index (κ1) is 45.9. The van der Waals surface area contributed by atoms with E-state index < -0.39 is 79.0 Å². The molecule has 3 saturated carbocycles. The molecule has 1 unspecified atom stereocenters. The molecule has 0 aliphatic heterocycles. The van der Waals surface area contributed by atoms with Gasteiger partial charge >= 0.3 is 0 Å². The summed E-state index contributed by atoms with van der Waals surface area (Å²) in [4.78, 5) is 97.3. The molecular formula is C42H52F2N12O7. The number of anilines is 1. The highest BCUT2D eigenvalue weighted by molar-refractivity contribution is 5.93. The lowest BCUT2D eigenvalue weighted by Gasteiger charge is -2.48. The van der Waals surface area contributed by atoms with Gasteiger partial charge in [0, 0.05) is 36.0 Å². The van der Waals surface area contributed by atoms with E-state index in [2.05, 4.69) is 57.3 Å². The summed E-state index contributed by atoms with van der Waals surface area (Å²) in [5.74, 6) is -5.21. The molecule has 7 rings (SSSR count). The number of hydrogen-bond acceptors (Lipinski definition) is 12. The van der Waals surface area contributed by atoms with Crippen LogP contribution in [0, 0.1) is 29.4 Å². The number of pyridine rings is 1. The first-order valence-corrected chi connectivity index (χ1v) is 20.9. The molecule has 10 N–H and O–H groups in total. The normalized spacial score (nSPS) is 18.2. The predicted octanol–water partition coefficient (Wildman–Crippen LogP) is 1.23. The lowest BCUT2D eigenvalue weighted by atomic mass is 9.61. The summed E-state index contributed by atoms with van der Waals surface area (Å²) >= 11 is 0. The van der Waals surface area contributed by atoms with Crippen LogP contribution in [0.1, 0.15) is 56.9 Å². The van der Waals surface area contributed by atoms with Crippen molar-refractivity contribution in [2.75, 3.05) is 38.2 Å². The van der Waals surface area contributed by atoms with E-state index in [1.165, 1.54) is 6.07 Å². The van der Waals surface area contributed by atoms with Gasteiger partial charge in [0.2, 0.25) is 35.4 Å². The van der Waals surface area contributed by atoms with Crippen molar-refractivity contribution in [3.63, 3.8) is 0 Å². The van der Waals surface area contributed by atoms with Crippen molar-refractivity contribution >= 4 is 52.3 Å². The number of benzene rings is 1. The van der Waals surface area contributed by atoms with E-state index >= 15 is 4.39 Å². The van der Waals surface area contributed by atoms with E-state index in [0.29, 0.717) is 29.6 Å². The second-order valence-corrected chi connectivity index (χ2v) is 15.5. The second kappa shape index (κ2) is 22.5. The Bertz CT molecular complexity index is 2240. The molecule has 336 valence electrons. The topological polar surface area (TPSA) is 276 Å². The first-order valence-electron chi connectivity index (χ1n) is 20.9. The van der Waals surface area contributed by atoms with Gasteiger partial charge in [0.15, 0.2) is 17.5 Å². The van der Waals surface area contributed by atoms with Gasteiger partial charge in [-0.25, -0.2) is 29.2 Å². The van der Waals surface area contributed by atoms with Crippen molar-refractivity contribution in [3.05, 3.63) is 72.2 Å². The number of hydroxylamine groups is 1. The fourth-order valence-electron chi connectivity index (χ4n) is 8.02. The van der Waals surface area contributed by atoms with Gasteiger partial charge in [-0.3, -0.25) is 33.6 Å². The fraction of sp³-hybridized carbons (Fsp3) is 0.452. The third kappa shape index (κ3) is 13.0. The predicted molar refractivity (Wildman–Crippen MR) is 224 cm³/mol. The van der Waals surface area contributed by atoms with Crippen LogP contribution in [0.3, 0.4) is 0 Å². The maximum atomic E-state index is 15.2. The van der Waals surface area contributed by atoms with Gasteiger partial charge in [-0.15, -0.1) is 0 Å². The SMILES string of the molecule is NCCCCCC(=O)NCC(=O)NCC(=O)N[C@@H](Cc1ccccc1)C(=O)NCC(=O)NCONC(=O)[C@H]1C2CCC(CC2)C1Nc1nc(-c2c[nH]c3ncc(F)cc23)ncc1F. The average Bonchev–Trinajstić information content (AvgIpc) is 3.71. The number of nitrogens with zero attached hydrogens (tertiary/aromatic N) is 3. The van der Waals surface area contributed by atoms with Crippen molar-refractivity contribution < 1.29 is 42.4 Å². The van der Waals surface area contributed by atoms with Crippen LogP contribution in [0.2, 0.25) is 0 Å². The molecule has 2 bridgehead atoms. The minimum absolute atomic E-state index is 0.0251. The Kier molecular flexibility index (Phi) is 16.4. The number of carbonyl (C=O) groups excluding carboxylic acids is 6. The summed E-state index contributed by atoms with van der Waals surface area (Å²) in [6.07, 6.45) is 9.47. The number of nitrogens with one attached hydrogen (secondary N) is 8. The summed E-state index contributed by atoms with van der Waals surface area (Å²) in [7, 11) is 0. The highest BCUT2D eigenvalue weighted by atomic mass is 19.1. The number of nitrogens with two attached hydrogens (primary N) is 1. The Hall–Kier alpha value is -6.61. The Labute approximate surface area is 361 Å². The molecule has 19 nitrogen and oxygen atoms in total. The Morgan fingerprint density at radius 3 is 2.32 bits per heavy atom. The lowest BCUT2D eigenvalue weighted by molar-refractivity contribution is -0.146. The summed E-state index contributed by atoms with van der Waals surface area (Å²) < 4.78 is 29.2. The number of amides is 6. The molecule has 3 fully saturated rings. The maximum absolute atomic E-state index is 15.2. The zero-order chi connectivity index (χ0) is 44.7. The van der Waals surface area contributed by atoms with Crippen LogP contribution in [-0.4, -0.2) is 100 Å². The molecule has 3 heterocycles. The van der Waals surface area contributed by atoms with Crippen LogP contribution in [0.15, 0.2) is 55.0 Å². The van der Waals surface area contributed by atoms with E-state index in [9.17, 15) is 33.2 Å². The Morgan fingerprint density at radius 1 is 0.825 bits per heavy atom. The summed E-state index contributed by atoms with van der Waals surface area (Å²) in [6.45, 7) is -1.17. The van der Waals surface area contributed by atoms with Crippen molar-refractivity contribution in [1.82, 2.24) is 52.0 Å². The molecule has 6 amide bonds. The van der Waals surface area contributed by atoms with E-state index in [1.54, 1.807) is 36.5 Å². The fourth-order valence-corrected chi connectivity index (χ4v) is 8.02. The largest absolute Gasteiger partial charge is 0.364 e. The standard InChI is InChI=1S/C42H52F2N12O7/c43-27-16-28-29(18-49-38(28)48-17-27)39-50-19-30(44)40(55-39)54-37-26-12-10-25(11-13-26)36(37)42(62)56-63-23-52-34(59)21-51-41(61)31(15-24-7-3-1-4-8-24)53-35(60)22-47-33(58)20-46-32(57)9-5-2-6-14-45/h1,3-4,7-8,16-19,25-26,31,36-37H,2,5-6,9-15,20-23,45H2,(H,46,57)(H,47,58)(H,48,49)(H,51,61)(H,52,59)(H,53,60)(H,56,62)(H,50,54,55)/t25?,26?,31-,36-,37?/m0/s1. The van der Waals surface area contributed by atoms with Crippen molar-refractivity contribution in [2.45, 2.75) is 69.9 Å². The highest BCUT2D eigenvalue weighted by Gasteiger charge is 2.47. The molecular weight excluding hydrogens is 823 g/mol. The number of aromatic amines is 1. The number of hydrogen-bond donors (Lipinski definition) is 9. The van der Waals surface area contributed by atoms with Gasteiger partial charge in [-0.2, -0.15) is 0 Å². The molecule has 4 aromatic rings. The number of fused-ring (bicyclic) bond motifs is 4. The van der Waals surface area contributed by atoms with Gasteiger partial charge in [-0.1, -0.05) is 36.8 Å². The minimum Gasteiger partial charge on any atom is -0.364 e. The van der Waals surface area contributed by atoms with Gasteiger partial charge in [0.05, 0.1) is 37.9 Å². The molecule has 63 heavy (non-hydrogen) atoms. The smallest absolute Gasteiger partial charge is 0.249 e. The van der Waals surface area contributed by atoms with E-state index in [1.807, 2.05) is 0 Å². The van der Waals surface area contributed by atoms with E-state index in [4.69, 9.17) is 10.6 Å². The molecule has 0 radical (unpaired) electrons. The van der Waals surface area contributed by atoms with Crippen molar-refractivity contribution in [1.29, 1.82) is 0 Å². The number of carbonyl (C=O) groups is 6. The molecule has 3 aliphatic carbocycles. The van der Waals surface area contributed by atoms with Crippen LogP contribution in [0.4, 0.5) is 14.6 Å². The number of unbranched alkanes of at least 4 members (excludes halogenated alkanes) is 2. The molecule has 0 spiro atoms. The number of H-pyrrole nitrogens is 1. The van der Waals surface area contributed by atoms with Crippen LogP contribution >= 0.6 is 0 Å².